The van der Waals surface area contributed by atoms with E-state index in [1.807, 2.05) is 33.0 Å². The molecule has 0 aliphatic carbocycles. The van der Waals surface area contributed by atoms with Gasteiger partial charge in [-0.1, -0.05) is 12.1 Å². The van der Waals surface area contributed by atoms with E-state index in [0.717, 1.165) is 44.4 Å². The summed E-state index contributed by atoms with van der Waals surface area (Å²) >= 11 is 0. The molecule has 1 aromatic carbocycles. The van der Waals surface area contributed by atoms with E-state index >= 15 is 0 Å². The Balaban J connectivity index is 1.87. The number of ether oxygens (including phenoxy) is 2. The first-order valence-electron chi connectivity index (χ1n) is 8.33. The van der Waals surface area contributed by atoms with Crippen LogP contribution in [0.4, 0.5) is 0 Å². The number of aliphatic imine (C=N–C) groups is 1. The summed E-state index contributed by atoms with van der Waals surface area (Å²) in [6, 6.07) is 8.19. The van der Waals surface area contributed by atoms with E-state index < -0.39 is 0 Å². The third kappa shape index (κ3) is 5.75. The lowest BCUT2D eigenvalue weighted by atomic mass is 10.1. The standard InChI is InChI=1S/C18H29N3O2/c1-14(2)23-17-7-5-6-15(10-17)11-20-18(19-3)21(4)12-16-8-9-22-13-16/h5-7,10,14,16H,8-9,11-13H2,1-4H3,(H,19,20). The summed E-state index contributed by atoms with van der Waals surface area (Å²) in [5.74, 6) is 2.42. The van der Waals surface area contributed by atoms with Crippen molar-refractivity contribution in [2.75, 3.05) is 33.9 Å². The Morgan fingerprint density at radius 3 is 2.96 bits per heavy atom. The van der Waals surface area contributed by atoms with Crippen LogP contribution in [0.25, 0.3) is 0 Å². The second-order valence-corrected chi connectivity index (χ2v) is 6.32. The van der Waals surface area contributed by atoms with Crippen molar-refractivity contribution in [2.45, 2.75) is 32.9 Å². The second-order valence-electron chi connectivity index (χ2n) is 6.32. The van der Waals surface area contributed by atoms with Crippen molar-refractivity contribution < 1.29 is 9.47 Å². The summed E-state index contributed by atoms with van der Waals surface area (Å²) in [5, 5.41) is 3.42. The van der Waals surface area contributed by atoms with Gasteiger partial charge < -0.3 is 19.7 Å². The molecule has 0 spiro atoms. The molecule has 1 fully saturated rings. The third-order valence-corrected chi connectivity index (χ3v) is 3.85. The fraction of sp³-hybridized carbons (Fsp3) is 0.611. The van der Waals surface area contributed by atoms with Crippen LogP contribution in [0, 0.1) is 5.92 Å². The van der Waals surface area contributed by atoms with E-state index in [-0.39, 0.29) is 6.10 Å². The average Bonchev–Trinajstić information content (AvgIpc) is 3.00. The first-order valence-corrected chi connectivity index (χ1v) is 8.33. The van der Waals surface area contributed by atoms with Gasteiger partial charge in [0.15, 0.2) is 5.96 Å². The van der Waals surface area contributed by atoms with Gasteiger partial charge in [0, 0.05) is 39.7 Å². The number of guanidine groups is 1. The lowest BCUT2D eigenvalue weighted by Gasteiger charge is -2.24. The van der Waals surface area contributed by atoms with Gasteiger partial charge in [-0.3, -0.25) is 4.99 Å². The van der Waals surface area contributed by atoms with Crippen molar-refractivity contribution in [1.29, 1.82) is 0 Å². The Bertz CT molecular complexity index is 511. The summed E-state index contributed by atoms with van der Waals surface area (Å²) < 4.78 is 11.2. The van der Waals surface area contributed by atoms with Gasteiger partial charge in [-0.05, 0) is 38.0 Å². The summed E-state index contributed by atoms with van der Waals surface area (Å²) in [7, 11) is 3.90. The van der Waals surface area contributed by atoms with Crippen molar-refractivity contribution in [2.24, 2.45) is 10.9 Å². The molecule has 0 amide bonds. The molecule has 5 nitrogen and oxygen atoms in total. The largest absolute Gasteiger partial charge is 0.491 e. The zero-order chi connectivity index (χ0) is 16.7. The summed E-state index contributed by atoms with van der Waals surface area (Å²) in [4.78, 5) is 6.55. The number of hydrogen-bond donors (Lipinski definition) is 1. The van der Waals surface area contributed by atoms with Gasteiger partial charge in [0.1, 0.15) is 5.75 Å². The molecule has 1 aliphatic heterocycles. The maximum atomic E-state index is 5.74. The van der Waals surface area contributed by atoms with Gasteiger partial charge in [-0.2, -0.15) is 0 Å². The van der Waals surface area contributed by atoms with Crippen LogP contribution in [0.2, 0.25) is 0 Å². The van der Waals surface area contributed by atoms with Crippen LogP contribution in [-0.4, -0.2) is 50.8 Å². The van der Waals surface area contributed by atoms with Crippen LogP contribution in [0.3, 0.4) is 0 Å². The van der Waals surface area contributed by atoms with Gasteiger partial charge in [-0.15, -0.1) is 0 Å². The van der Waals surface area contributed by atoms with Crippen molar-refractivity contribution in [1.82, 2.24) is 10.2 Å². The molecule has 1 N–H and O–H groups in total. The lowest BCUT2D eigenvalue weighted by molar-refractivity contribution is 0.181. The van der Waals surface area contributed by atoms with Crippen molar-refractivity contribution in [3.05, 3.63) is 29.8 Å². The topological polar surface area (TPSA) is 46.1 Å². The van der Waals surface area contributed by atoms with Crippen molar-refractivity contribution in [3.8, 4) is 5.75 Å². The Hall–Kier alpha value is -1.75. The maximum absolute atomic E-state index is 5.74. The number of hydrogen-bond acceptors (Lipinski definition) is 3. The molecule has 1 atom stereocenters. The Morgan fingerprint density at radius 2 is 2.30 bits per heavy atom. The SMILES string of the molecule is CN=C(NCc1cccc(OC(C)C)c1)N(C)CC1CCOC1. The molecule has 1 heterocycles. The monoisotopic (exact) mass is 319 g/mol. The Labute approximate surface area is 139 Å². The summed E-state index contributed by atoms with van der Waals surface area (Å²) in [5.41, 5.74) is 1.18. The predicted octanol–water partition coefficient (Wildman–Crippen LogP) is 2.52. The van der Waals surface area contributed by atoms with E-state index in [1.165, 1.54) is 5.56 Å². The van der Waals surface area contributed by atoms with Crippen LogP contribution < -0.4 is 10.1 Å². The minimum absolute atomic E-state index is 0.186. The van der Waals surface area contributed by atoms with Crippen LogP contribution >= 0.6 is 0 Å². The summed E-state index contributed by atoms with van der Waals surface area (Å²) in [6.07, 6.45) is 1.32. The highest BCUT2D eigenvalue weighted by Crippen LogP contribution is 2.15. The van der Waals surface area contributed by atoms with Gasteiger partial charge in [-0.25, -0.2) is 0 Å². The van der Waals surface area contributed by atoms with E-state index in [1.54, 1.807) is 0 Å². The molecule has 0 bridgehead atoms. The molecule has 1 saturated heterocycles. The Morgan fingerprint density at radius 1 is 1.48 bits per heavy atom. The number of nitrogens with one attached hydrogen (secondary N) is 1. The molecule has 1 unspecified atom stereocenters. The predicted molar refractivity (Wildman–Crippen MR) is 94.0 cm³/mol. The van der Waals surface area contributed by atoms with Crippen LogP contribution in [-0.2, 0) is 11.3 Å². The minimum atomic E-state index is 0.186. The molecule has 1 aliphatic rings. The first-order chi connectivity index (χ1) is 11.1. The zero-order valence-corrected chi connectivity index (χ0v) is 14.7. The fourth-order valence-electron chi connectivity index (χ4n) is 2.77. The van der Waals surface area contributed by atoms with E-state index in [4.69, 9.17) is 9.47 Å². The van der Waals surface area contributed by atoms with Gasteiger partial charge in [0.2, 0.25) is 0 Å². The highest BCUT2D eigenvalue weighted by Gasteiger charge is 2.18. The molecule has 5 heteroatoms. The molecule has 2 rings (SSSR count). The van der Waals surface area contributed by atoms with Crippen LogP contribution in [0.5, 0.6) is 5.75 Å². The molecule has 0 aromatic heterocycles. The second kappa shape index (κ2) is 8.77. The van der Waals surface area contributed by atoms with Gasteiger partial charge >= 0.3 is 0 Å². The van der Waals surface area contributed by atoms with E-state index in [0.29, 0.717) is 5.92 Å². The average molecular weight is 319 g/mol. The number of benzene rings is 1. The highest BCUT2D eigenvalue weighted by molar-refractivity contribution is 5.79. The van der Waals surface area contributed by atoms with E-state index in [9.17, 15) is 0 Å². The number of nitrogens with zero attached hydrogens (tertiary/aromatic N) is 2. The lowest BCUT2D eigenvalue weighted by Crippen LogP contribution is -2.41. The van der Waals surface area contributed by atoms with Crippen LogP contribution in [0.1, 0.15) is 25.8 Å². The highest BCUT2D eigenvalue weighted by atomic mass is 16.5. The van der Waals surface area contributed by atoms with Gasteiger partial charge in [0.25, 0.3) is 0 Å². The minimum Gasteiger partial charge on any atom is -0.491 e. The third-order valence-electron chi connectivity index (χ3n) is 3.85. The van der Waals surface area contributed by atoms with Gasteiger partial charge in [0.05, 0.1) is 12.7 Å². The van der Waals surface area contributed by atoms with Crippen LogP contribution in [0.15, 0.2) is 29.3 Å². The Kier molecular flexibility index (Phi) is 6.71. The smallest absolute Gasteiger partial charge is 0.193 e. The quantitative estimate of drug-likeness (QED) is 0.646. The molecule has 0 saturated carbocycles. The normalized spacial score (nSPS) is 18.3. The maximum Gasteiger partial charge on any atom is 0.193 e. The molecular weight excluding hydrogens is 290 g/mol. The molecule has 23 heavy (non-hydrogen) atoms. The molecule has 1 aromatic rings. The molecule has 128 valence electrons. The zero-order valence-electron chi connectivity index (χ0n) is 14.7. The van der Waals surface area contributed by atoms with E-state index in [2.05, 4.69) is 34.4 Å². The number of rotatable bonds is 6. The fourth-order valence-corrected chi connectivity index (χ4v) is 2.77. The van der Waals surface area contributed by atoms with Crippen molar-refractivity contribution >= 4 is 5.96 Å². The molecule has 0 radical (unpaired) electrons. The first kappa shape index (κ1) is 17.6. The van der Waals surface area contributed by atoms with Crippen molar-refractivity contribution in [3.63, 3.8) is 0 Å². The summed E-state index contributed by atoms with van der Waals surface area (Å²) in [6.45, 7) is 7.51. The molecular formula is C18H29N3O2.